The Kier molecular flexibility index (Phi) is 5.62. The second kappa shape index (κ2) is 7.95. The first-order valence-electron chi connectivity index (χ1n) is 8.10. The second-order valence-electron chi connectivity index (χ2n) is 5.92. The van der Waals surface area contributed by atoms with Crippen LogP contribution in [0, 0.1) is 6.92 Å². The van der Waals surface area contributed by atoms with Gasteiger partial charge < -0.3 is 14.6 Å². The number of methoxy groups -OCH3 is 1. The second-order valence-corrected chi connectivity index (χ2v) is 7.59. The normalized spacial score (nSPS) is 15.2. The van der Waals surface area contributed by atoms with E-state index in [0.717, 1.165) is 11.8 Å². The molecule has 28 heavy (non-hydrogen) atoms. The number of aryl methyl sites for hydroxylation is 1. The van der Waals surface area contributed by atoms with Gasteiger partial charge in [-0.2, -0.15) is 0 Å². The first-order valence-corrected chi connectivity index (χ1v) is 9.32. The number of ether oxygens (including phenoxy) is 1. The molecule has 1 aliphatic heterocycles. The molecule has 1 heterocycles. The molecule has 1 amide bonds. The molecule has 0 spiro atoms. The van der Waals surface area contributed by atoms with E-state index in [0.29, 0.717) is 31.6 Å². The number of benzene rings is 2. The summed E-state index contributed by atoms with van der Waals surface area (Å²) in [7, 11) is 1.30. The molecule has 1 aliphatic rings. The average Bonchev–Trinajstić information content (AvgIpc) is 2.95. The van der Waals surface area contributed by atoms with Crippen LogP contribution in [-0.2, 0) is 9.53 Å². The smallest absolute Gasteiger partial charge is 0.337 e. The Labute approximate surface area is 170 Å². The van der Waals surface area contributed by atoms with Crippen LogP contribution in [0.5, 0.6) is 0 Å². The van der Waals surface area contributed by atoms with E-state index in [1.165, 1.54) is 18.1 Å². The molecule has 2 aromatic rings. The van der Waals surface area contributed by atoms with Gasteiger partial charge in [0.15, 0.2) is 4.32 Å². The summed E-state index contributed by atoms with van der Waals surface area (Å²) >= 11 is 6.43. The van der Waals surface area contributed by atoms with E-state index >= 15 is 0 Å². The van der Waals surface area contributed by atoms with E-state index in [9.17, 15) is 19.5 Å². The molecule has 0 aromatic heterocycles. The van der Waals surface area contributed by atoms with Crippen LogP contribution in [0.3, 0.4) is 0 Å². The Morgan fingerprint density at radius 1 is 1.18 bits per heavy atom. The summed E-state index contributed by atoms with van der Waals surface area (Å²) in [5.74, 6) is -2.10. The number of carbonyl (C=O) groups is 3. The molecule has 3 rings (SSSR count). The molecule has 2 aromatic carbocycles. The minimum Gasteiger partial charge on any atom is -0.545 e. The highest BCUT2D eigenvalue weighted by atomic mass is 32.2. The van der Waals surface area contributed by atoms with Gasteiger partial charge in [0.1, 0.15) is 0 Å². The Hall–Kier alpha value is -2.97. The molecular weight excluding hydrogens is 398 g/mol. The third kappa shape index (κ3) is 3.83. The van der Waals surface area contributed by atoms with Crippen molar-refractivity contribution >= 4 is 57.9 Å². The number of carboxylic acids is 1. The molecule has 0 atom stereocenters. The van der Waals surface area contributed by atoms with Gasteiger partial charge in [-0.15, -0.1) is 0 Å². The summed E-state index contributed by atoms with van der Waals surface area (Å²) < 4.78 is 4.96. The number of amides is 1. The zero-order valence-corrected chi connectivity index (χ0v) is 16.6. The predicted molar refractivity (Wildman–Crippen MR) is 109 cm³/mol. The van der Waals surface area contributed by atoms with Gasteiger partial charge in [0.2, 0.25) is 0 Å². The molecule has 0 saturated carbocycles. The lowest BCUT2D eigenvalue weighted by molar-refractivity contribution is -0.255. The quantitative estimate of drug-likeness (QED) is 0.433. The maximum Gasteiger partial charge on any atom is 0.337 e. The number of thiocarbonyl (C=S) groups is 1. The molecule has 1 fully saturated rings. The number of thioether (sulfide) groups is 1. The Morgan fingerprint density at radius 3 is 2.46 bits per heavy atom. The largest absolute Gasteiger partial charge is 0.545 e. The van der Waals surface area contributed by atoms with Gasteiger partial charge in [0.25, 0.3) is 5.91 Å². The van der Waals surface area contributed by atoms with Crippen molar-refractivity contribution in [2.75, 3.05) is 12.0 Å². The van der Waals surface area contributed by atoms with Gasteiger partial charge in [-0.3, -0.25) is 9.69 Å². The van der Waals surface area contributed by atoms with Crippen molar-refractivity contribution in [2.24, 2.45) is 0 Å². The summed E-state index contributed by atoms with van der Waals surface area (Å²) in [5.41, 5.74) is 2.04. The Balaban J connectivity index is 1.89. The number of rotatable bonds is 4. The summed E-state index contributed by atoms with van der Waals surface area (Å²) in [4.78, 5) is 37.3. The van der Waals surface area contributed by atoms with Crippen LogP contribution in [0.15, 0.2) is 47.4 Å². The molecule has 0 bridgehead atoms. The van der Waals surface area contributed by atoms with E-state index in [1.807, 2.05) is 0 Å². The molecule has 0 radical (unpaired) electrons. The van der Waals surface area contributed by atoms with Crippen LogP contribution < -0.4 is 10.0 Å². The monoisotopic (exact) mass is 412 g/mol. The number of esters is 1. The lowest BCUT2D eigenvalue weighted by Crippen LogP contribution is -2.29. The number of anilines is 1. The molecule has 142 valence electrons. The summed E-state index contributed by atoms with van der Waals surface area (Å²) in [5, 5.41) is 11.3. The SMILES string of the molecule is COC(=O)c1ccc(/C=C2\SC(=S)N(c3ccc(C)c(C(=O)[O-])c3)C2=O)cc1. The van der Waals surface area contributed by atoms with Crippen molar-refractivity contribution in [3.8, 4) is 0 Å². The Bertz CT molecular complexity index is 1030. The average molecular weight is 412 g/mol. The lowest BCUT2D eigenvalue weighted by Gasteiger charge is -2.17. The highest BCUT2D eigenvalue weighted by Crippen LogP contribution is 2.36. The zero-order chi connectivity index (χ0) is 20.4. The van der Waals surface area contributed by atoms with Crippen molar-refractivity contribution in [1.29, 1.82) is 0 Å². The summed E-state index contributed by atoms with van der Waals surface area (Å²) in [6, 6.07) is 11.2. The fraction of sp³-hybridized carbons (Fsp3) is 0.100. The highest BCUT2D eigenvalue weighted by Gasteiger charge is 2.33. The highest BCUT2D eigenvalue weighted by molar-refractivity contribution is 8.27. The number of hydrogen-bond acceptors (Lipinski definition) is 7. The molecule has 8 heteroatoms. The topological polar surface area (TPSA) is 86.7 Å². The maximum atomic E-state index is 12.8. The van der Waals surface area contributed by atoms with Crippen molar-refractivity contribution in [2.45, 2.75) is 6.92 Å². The minimum atomic E-state index is -1.31. The standard InChI is InChI=1S/C20H15NO5S2/c1-11-3-8-14(10-15(11)18(23)24)21-17(22)16(28-20(21)27)9-12-4-6-13(7-5-12)19(25)26-2/h3-10H,1-2H3,(H,23,24)/p-1/b16-9-. The molecular formula is C20H14NO5S2-. The Morgan fingerprint density at radius 2 is 1.86 bits per heavy atom. The van der Waals surface area contributed by atoms with E-state index in [-0.39, 0.29) is 11.5 Å². The molecule has 0 N–H and O–H groups in total. The zero-order valence-electron chi connectivity index (χ0n) is 14.9. The maximum absolute atomic E-state index is 12.8. The third-order valence-electron chi connectivity index (χ3n) is 4.12. The van der Waals surface area contributed by atoms with E-state index in [2.05, 4.69) is 4.74 Å². The number of nitrogens with zero attached hydrogens (tertiary/aromatic N) is 1. The summed E-state index contributed by atoms with van der Waals surface area (Å²) in [6.07, 6.45) is 1.66. The van der Waals surface area contributed by atoms with Crippen LogP contribution in [-0.4, -0.2) is 29.3 Å². The van der Waals surface area contributed by atoms with Gasteiger partial charge in [0.05, 0.1) is 29.2 Å². The van der Waals surface area contributed by atoms with Gasteiger partial charge in [-0.05, 0) is 48.4 Å². The lowest BCUT2D eigenvalue weighted by atomic mass is 10.1. The van der Waals surface area contributed by atoms with Crippen molar-refractivity contribution in [3.05, 3.63) is 69.6 Å². The minimum absolute atomic E-state index is 0.00827. The summed E-state index contributed by atoms with van der Waals surface area (Å²) in [6.45, 7) is 1.65. The van der Waals surface area contributed by atoms with Crippen LogP contribution >= 0.6 is 24.0 Å². The van der Waals surface area contributed by atoms with Gasteiger partial charge in [0, 0.05) is 5.56 Å². The number of carbonyl (C=O) groups excluding carboxylic acids is 3. The van der Waals surface area contributed by atoms with Gasteiger partial charge >= 0.3 is 5.97 Å². The van der Waals surface area contributed by atoms with Crippen LogP contribution in [0.25, 0.3) is 6.08 Å². The van der Waals surface area contributed by atoms with Crippen molar-refractivity contribution in [1.82, 2.24) is 0 Å². The first kappa shape index (κ1) is 19.8. The third-order valence-corrected chi connectivity index (χ3v) is 5.42. The fourth-order valence-corrected chi connectivity index (χ4v) is 3.94. The van der Waals surface area contributed by atoms with Crippen molar-refractivity contribution < 1.29 is 24.2 Å². The number of hydrogen-bond donors (Lipinski definition) is 0. The van der Waals surface area contributed by atoms with E-state index < -0.39 is 11.9 Å². The van der Waals surface area contributed by atoms with E-state index in [4.69, 9.17) is 12.2 Å². The van der Waals surface area contributed by atoms with Gasteiger partial charge in [-0.25, -0.2) is 4.79 Å². The van der Waals surface area contributed by atoms with Crippen LogP contribution in [0.4, 0.5) is 5.69 Å². The predicted octanol–water partition coefficient (Wildman–Crippen LogP) is 2.55. The van der Waals surface area contributed by atoms with Crippen molar-refractivity contribution in [3.63, 3.8) is 0 Å². The van der Waals surface area contributed by atoms with Crippen LogP contribution in [0.2, 0.25) is 0 Å². The van der Waals surface area contributed by atoms with Gasteiger partial charge in [-0.1, -0.05) is 42.2 Å². The first-order chi connectivity index (χ1) is 13.3. The van der Waals surface area contributed by atoms with E-state index in [1.54, 1.807) is 49.4 Å². The van der Waals surface area contributed by atoms with Crippen LogP contribution in [0.1, 0.15) is 31.8 Å². The number of carboxylic acid groups (broad SMARTS) is 1. The number of aromatic carboxylic acids is 1. The molecule has 1 saturated heterocycles. The molecule has 0 aliphatic carbocycles. The molecule has 0 unspecified atom stereocenters. The molecule has 6 nitrogen and oxygen atoms in total. The fourth-order valence-electron chi connectivity index (χ4n) is 2.64.